The molecule has 0 saturated heterocycles. The van der Waals surface area contributed by atoms with Crippen molar-refractivity contribution in [3.63, 3.8) is 0 Å². The Balaban J connectivity index is 0.000000509. The molecule has 0 bridgehead atoms. The van der Waals surface area contributed by atoms with Crippen molar-refractivity contribution in [1.29, 1.82) is 0 Å². The monoisotopic (exact) mass is 813 g/mol. The zero-order valence-electron chi connectivity index (χ0n) is 17.0. The van der Waals surface area contributed by atoms with E-state index in [1.807, 2.05) is 13.8 Å². The fourth-order valence-electron chi connectivity index (χ4n) is 2.98. The van der Waals surface area contributed by atoms with Gasteiger partial charge in [-0.15, -0.1) is 0 Å². The number of halogens is 12. The molecule has 34 heavy (non-hydrogen) atoms. The SMILES string of the molecule is CCc1c(CC)[n+](-c2c(Cl)cc(Cl)cc2Cl)nn1-c1c(Cl)cc(Cl)cc1Cl.[Cl][Sb-]([Cl])([Cl])([Cl])([Cl])[Cl]. The summed E-state index contributed by atoms with van der Waals surface area (Å²) < 4.78 is 3.42. The predicted molar refractivity (Wildman–Crippen MR) is 155 cm³/mol. The van der Waals surface area contributed by atoms with Crippen molar-refractivity contribution in [2.75, 3.05) is 0 Å². The first kappa shape index (κ1) is 32.1. The quantitative estimate of drug-likeness (QED) is 0.190. The number of hydrogen-bond acceptors (Lipinski definition) is 1. The summed E-state index contributed by atoms with van der Waals surface area (Å²) in [4.78, 5) is 0. The summed E-state index contributed by atoms with van der Waals surface area (Å²) in [5.41, 5.74) is 2.97. The minimum atomic E-state index is -5.42. The van der Waals surface area contributed by atoms with Crippen molar-refractivity contribution in [1.82, 2.24) is 9.90 Å². The van der Waals surface area contributed by atoms with Crippen molar-refractivity contribution in [3.05, 3.63) is 65.8 Å². The number of benzene rings is 2. The molecule has 0 unspecified atom stereocenters. The molecule has 0 aliphatic carbocycles. The summed E-state index contributed by atoms with van der Waals surface area (Å²) in [6.07, 6.45) is 1.39. The topological polar surface area (TPSA) is 21.7 Å². The van der Waals surface area contributed by atoms with E-state index in [1.54, 1.807) is 33.6 Å². The Kier molecular flexibility index (Phi) is 10.5. The van der Waals surface area contributed by atoms with E-state index in [0.29, 0.717) is 54.4 Å². The Hall–Kier alpha value is 1.88. The van der Waals surface area contributed by atoms with Crippen molar-refractivity contribution in [2.45, 2.75) is 26.7 Å². The number of hydrogen-bond donors (Lipinski definition) is 0. The number of nitrogens with zero attached hydrogens (tertiary/aromatic N) is 3. The molecule has 0 saturated carbocycles. The molecule has 2 aromatic carbocycles. The maximum absolute atomic E-state index is 6.42. The van der Waals surface area contributed by atoms with Crippen molar-refractivity contribution in [2.24, 2.45) is 0 Å². The van der Waals surface area contributed by atoms with Crippen LogP contribution in [-0.2, 0) is 12.8 Å². The van der Waals surface area contributed by atoms with Gasteiger partial charge in [-0.3, -0.25) is 0 Å². The van der Waals surface area contributed by atoms with E-state index in [-0.39, 0.29) is 0 Å². The van der Waals surface area contributed by atoms with Gasteiger partial charge >= 0.3 is 62.1 Å². The first-order valence-electron chi connectivity index (χ1n) is 9.12. The van der Waals surface area contributed by atoms with Crippen molar-refractivity contribution >= 4 is 132 Å². The second kappa shape index (κ2) is 11.2. The van der Waals surface area contributed by atoms with E-state index in [1.165, 1.54) is 0 Å². The van der Waals surface area contributed by atoms with Crippen molar-refractivity contribution in [3.8, 4) is 11.4 Å². The standard InChI is InChI=1S/C18H14Cl6N3.6ClH.Sb/c1-3-15-16(4-2)27(18-13(23)7-10(20)8-14(18)24)25-26(15)17-11(21)5-9(19)6-12(17)22;;;;;;;/h5-8H,3-4H2,1-2H3;6*1H;/q+1;;;;;;;+5/p-6. The van der Waals surface area contributed by atoms with Crippen LogP contribution in [0.15, 0.2) is 24.3 Å². The molecule has 0 amide bonds. The summed E-state index contributed by atoms with van der Waals surface area (Å²) >= 11 is 37.8. The Morgan fingerprint density at radius 1 is 0.706 bits per heavy atom. The van der Waals surface area contributed by atoms with E-state index in [0.717, 1.165) is 11.4 Å². The average Bonchev–Trinajstić information content (AvgIpc) is 2.95. The first-order valence-corrected chi connectivity index (χ1v) is 30.8. The number of aromatic nitrogens is 3. The summed E-state index contributed by atoms with van der Waals surface area (Å²) in [7, 11) is 25.0. The van der Waals surface area contributed by atoms with Crippen LogP contribution in [0.25, 0.3) is 11.4 Å². The molecule has 0 N–H and O–H groups in total. The molecule has 0 aliphatic rings. The summed E-state index contributed by atoms with van der Waals surface area (Å²) in [5.74, 6) is 0. The summed E-state index contributed by atoms with van der Waals surface area (Å²) in [5, 5.41) is 7.19. The van der Waals surface area contributed by atoms with Crippen LogP contribution in [0.2, 0.25) is 30.1 Å². The third-order valence-electron chi connectivity index (χ3n) is 4.08. The fourth-order valence-corrected chi connectivity index (χ4v) is 4.94. The molecule has 0 radical (unpaired) electrons. The molecule has 0 aliphatic heterocycles. The molecule has 16 heteroatoms. The Bertz CT molecular complexity index is 1100. The molecule has 0 atom stereocenters. The zero-order chi connectivity index (χ0) is 26.3. The van der Waals surface area contributed by atoms with Crippen LogP contribution in [0.1, 0.15) is 25.2 Å². The van der Waals surface area contributed by atoms with Gasteiger partial charge in [0.2, 0.25) is 0 Å². The van der Waals surface area contributed by atoms with Gasteiger partial charge in [0.05, 0.1) is 20.1 Å². The molecule has 1 heterocycles. The zero-order valence-corrected chi connectivity index (χ0v) is 28.7. The second-order valence-corrected chi connectivity index (χ2v) is 66.1. The van der Waals surface area contributed by atoms with Crippen LogP contribution in [0.4, 0.5) is 0 Å². The van der Waals surface area contributed by atoms with Gasteiger partial charge in [0.1, 0.15) is 5.21 Å². The van der Waals surface area contributed by atoms with Crippen LogP contribution in [0.5, 0.6) is 0 Å². The van der Waals surface area contributed by atoms with E-state index >= 15 is 0 Å². The third-order valence-corrected chi connectivity index (χ3v) is 5.67. The molecule has 3 aromatic rings. The molecule has 1 aromatic heterocycles. The fraction of sp³-hybridized carbons (Fsp3) is 0.222. The van der Waals surface area contributed by atoms with Gasteiger partial charge in [-0.2, -0.15) is 0 Å². The Labute approximate surface area is 247 Å². The minimum absolute atomic E-state index is 0.396. The van der Waals surface area contributed by atoms with Gasteiger partial charge in [-0.05, 0) is 24.3 Å². The van der Waals surface area contributed by atoms with Gasteiger partial charge in [0, 0.05) is 22.9 Å². The van der Waals surface area contributed by atoms with Gasteiger partial charge < -0.3 is 0 Å². The Morgan fingerprint density at radius 2 is 1.09 bits per heavy atom. The van der Waals surface area contributed by atoms with Crippen LogP contribution in [0.3, 0.4) is 0 Å². The van der Waals surface area contributed by atoms with E-state index in [9.17, 15) is 0 Å². The molecular weight excluding hydrogens is 805 g/mol. The van der Waals surface area contributed by atoms with Crippen LogP contribution >= 0.6 is 123 Å². The summed E-state index contributed by atoms with van der Waals surface area (Å²) in [6.45, 7) is 4.06. The van der Waals surface area contributed by atoms with E-state index < -0.39 is 9.14 Å². The van der Waals surface area contributed by atoms with Gasteiger partial charge in [-0.1, -0.05) is 92.8 Å². The number of rotatable bonds is 4. The molecule has 0 spiro atoms. The molecule has 3 rings (SSSR count). The first-order chi connectivity index (χ1) is 15.2. The van der Waals surface area contributed by atoms with Crippen LogP contribution in [0, 0.1) is 0 Å². The summed E-state index contributed by atoms with van der Waals surface area (Å²) in [6, 6.07) is 6.51. The van der Waals surface area contributed by atoms with Gasteiger partial charge in [-0.25, -0.2) is 0 Å². The molecule has 3 nitrogen and oxygen atoms in total. The van der Waals surface area contributed by atoms with E-state index in [2.05, 4.69) is 0 Å². The normalized spacial score (nSPS) is 13.7. The van der Waals surface area contributed by atoms with Crippen LogP contribution < -0.4 is 4.68 Å². The third kappa shape index (κ3) is 9.56. The molecular formula is C18H14Cl12N3Sb. The van der Waals surface area contributed by atoms with Crippen LogP contribution in [-0.4, -0.2) is 19.0 Å². The van der Waals surface area contributed by atoms with Gasteiger partial charge in [0.25, 0.3) is 0 Å². The molecule has 190 valence electrons. The Morgan fingerprint density at radius 3 is 1.44 bits per heavy atom. The molecule has 0 fully saturated rings. The maximum atomic E-state index is 6.42. The second-order valence-electron chi connectivity index (χ2n) is 6.71. The van der Waals surface area contributed by atoms with E-state index in [4.69, 9.17) is 128 Å². The predicted octanol–water partition coefficient (Wildman–Crippen LogP) is 11.0. The average molecular weight is 820 g/mol. The van der Waals surface area contributed by atoms with Gasteiger partial charge in [0.15, 0.2) is 22.8 Å². The van der Waals surface area contributed by atoms with Crippen molar-refractivity contribution < 1.29 is 4.68 Å².